The maximum atomic E-state index is 10.8. The summed E-state index contributed by atoms with van der Waals surface area (Å²) in [7, 11) is 0. The van der Waals surface area contributed by atoms with E-state index in [0.29, 0.717) is 12.3 Å². The predicted octanol–water partition coefficient (Wildman–Crippen LogP) is 4.41. The number of nitrogens with zero attached hydrogens (tertiary/aromatic N) is 4. The largest absolute Gasteiger partial charge is 0.489 e. The van der Waals surface area contributed by atoms with Crippen molar-refractivity contribution < 1.29 is 18.9 Å². The summed E-state index contributed by atoms with van der Waals surface area (Å²) in [5, 5.41) is 15.0. The van der Waals surface area contributed by atoms with Crippen LogP contribution < -0.4 is 9.47 Å². The number of imidazole rings is 1. The fourth-order valence-corrected chi connectivity index (χ4v) is 3.43. The van der Waals surface area contributed by atoms with Crippen molar-refractivity contribution in [3.63, 3.8) is 0 Å². The topological polar surface area (TPSA) is 105 Å². The molecule has 3 heterocycles. The molecule has 3 aromatic rings. The highest BCUT2D eigenvalue weighted by Gasteiger charge is 2.41. The molecule has 1 atom stereocenters. The van der Waals surface area contributed by atoms with Crippen LogP contribution in [0.2, 0.25) is 0 Å². The second kappa shape index (κ2) is 8.17. The highest BCUT2D eigenvalue weighted by atomic mass is 16.6. The normalized spacial score (nSPS) is 17.5. The van der Waals surface area contributed by atoms with Crippen molar-refractivity contribution in [3.05, 3.63) is 52.4 Å². The summed E-state index contributed by atoms with van der Waals surface area (Å²) in [6.07, 6.45) is 5.75. The first-order chi connectivity index (χ1) is 14.5. The molecule has 0 saturated heterocycles. The van der Waals surface area contributed by atoms with Gasteiger partial charge in [0.2, 0.25) is 0 Å². The van der Waals surface area contributed by atoms with Crippen molar-refractivity contribution >= 4 is 5.82 Å². The average molecular weight is 412 g/mol. The van der Waals surface area contributed by atoms with Crippen LogP contribution in [0, 0.1) is 10.1 Å². The van der Waals surface area contributed by atoms with Crippen molar-refractivity contribution in [1.29, 1.82) is 0 Å². The van der Waals surface area contributed by atoms with E-state index in [4.69, 9.17) is 14.0 Å². The van der Waals surface area contributed by atoms with E-state index in [9.17, 15) is 10.1 Å². The van der Waals surface area contributed by atoms with Gasteiger partial charge in [-0.3, -0.25) is 4.57 Å². The van der Waals surface area contributed by atoms with Crippen molar-refractivity contribution in [2.45, 2.75) is 51.7 Å². The Kier molecular flexibility index (Phi) is 5.43. The molecule has 0 N–H and O–H groups in total. The Balaban J connectivity index is 1.33. The first kappa shape index (κ1) is 19.9. The van der Waals surface area contributed by atoms with E-state index in [1.54, 1.807) is 4.57 Å². The Hall–Kier alpha value is -3.36. The standard InChI is InChI=1S/C21H24N4O5/c1-3-4-5-6-17-11-18(23-30-17)15-7-9-16(10-8-15)28-14-21(2)13-24-12-19(25(26)27)22-20(24)29-21/h7-12H,3-6,13-14H2,1-2H3/t21-/m1/s1. The minimum Gasteiger partial charge on any atom is -0.489 e. The zero-order valence-electron chi connectivity index (χ0n) is 17.0. The van der Waals surface area contributed by atoms with Crippen LogP contribution in [0.3, 0.4) is 0 Å². The molecule has 0 saturated carbocycles. The van der Waals surface area contributed by atoms with Crippen LogP contribution in [0.15, 0.2) is 41.1 Å². The summed E-state index contributed by atoms with van der Waals surface area (Å²) >= 11 is 0. The summed E-state index contributed by atoms with van der Waals surface area (Å²) < 4.78 is 18.7. The second-order valence-electron chi connectivity index (χ2n) is 7.77. The molecule has 30 heavy (non-hydrogen) atoms. The predicted molar refractivity (Wildman–Crippen MR) is 109 cm³/mol. The van der Waals surface area contributed by atoms with Crippen LogP contribution in [0.5, 0.6) is 11.8 Å². The molecule has 0 amide bonds. The molecule has 2 aromatic heterocycles. The van der Waals surface area contributed by atoms with Gasteiger partial charge in [0.1, 0.15) is 30.0 Å². The Morgan fingerprint density at radius 3 is 2.80 bits per heavy atom. The lowest BCUT2D eigenvalue weighted by molar-refractivity contribution is -0.389. The van der Waals surface area contributed by atoms with Gasteiger partial charge >= 0.3 is 11.8 Å². The van der Waals surface area contributed by atoms with Gasteiger partial charge in [-0.1, -0.05) is 24.9 Å². The summed E-state index contributed by atoms with van der Waals surface area (Å²) in [5.41, 5.74) is 1.13. The number of nitro groups is 1. The van der Waals surface area contributed by atoms with Crippen LogP contribution in [-0.2, 0) is 13.0 Å². The Morgan fingerprint density at radius 2 is 2.10 bits per heavy atom. The summed E-state index contributed by atoms with van der Waals surface area (Å²) in [6.45, 7) is 4.78. The summed E-state index contributed by atoms with van der Waals surface area (Å²) in [5.74, 6) is 1.39. The molecular weight excluding hydrogens is 388 g/mol. The minimum absolute atomic E-state index is 0.218. The number of fused-ring (bicyclic) bond motifs is 1. The number of hydrogen-bond acceptors (Lipinski definition) is 7. The SMILES string of the molecule is CCCCCc1cc(-c2ccc(OC[C@@]3(C)Cn4cc([N+](=O)[O-])nc4O3)cc2)no1. The van der Waals surface area contributed by atoms with Crippen molar-refractivity contribution in [2.75, 3.05) is 6.61 Å². The lowest BCUT2D eigenvalue weighted by Crippen LogP contribution is -2.38. The quantitative estimate of drug-likeness (QED) is 0.291. The molecule has 9 heteroatoms. The average Bonchev–Trinajstić information content (AvgIpc) is 3.41. The Morgan fingerprint density at radius 1 is 1.30 bits per heavy atom. The smallest absolute Gasteiger partial charge is 0.415 e. The molecule has 1 aliphatic heterocycles. The first-order valence-electron chi connectivity index (χ1n) is 10.1. The Labute approximate surface area is 173 Å². The van der Waals surface area contributed by atoms with E-state index >= 15 is 0 Å². The fourth-order valence-electron chi connectivity index (χ4n) is 3.43. The van der Waals surface area contributed by atoms with Crippen LogP contribution in [0.4, 0.5) is 5.82 Å². The lowest BCUT2D eigenvalue weighted by atomic mass is 10.1. The van der Waals surface area contributed by atoms with Crippen molar-refractivity contribution in [3.8, 4) is 23.0 Å². The highest BCUT2D eigenvalue weighted by Crippen LogP contribution is 2.31. The van der Waals surface area contributed by atoms with E-state index in [2.05, 4.69) is 17.1 Å². The number of ether oxygens (including phenoxy) is 2. The number of unbranched alkanes of at least 4 members (excludes halogenated alkanes) is 2. The van der Waals surface area contributed by atoms with Gasteiger partial charge in [0.05, 0.1) is 6.54 Å². The molecule has 1 aliphatic rings. The third-order valence-corrected chi connectivity index (χ3v) is 5.04. The van der Waals surface area contributed by atoms with E-state index in [1.165, 1.54) is 19.0 Å². The molecule has 0 radical (unpaired) electrons. The molecule has 0 spiro atoms. The maximum Gasteiger partial charge on any atom is 0.415 e. The lowest BCUT2D eigenvalue weighted by Gasteiger charge is -2.22. The molecule has 158 valence electrons. The number of hydrogen-bond donors (Lipinski definition) is 0. The van der Waals surface area contributed by atoms with Gasteiger partial charge in [0.25, 0.3) is 0 Å². The molecule has 0 aliphatic carbocycles. The van der Waals surface area contributed by atoms with Gasteiger partial charge < -0.3 is 24.1 Å². The van der Waals surface area contributed by atoms with Gasteiger partial charge in [-0.15, -0.1) is 0 Å². The third kappa shape index (κ3) is 4.29. The van der Waals surface area contributed by atoms with Crippen LogP contribution >= 0.6 is 0 Å². The zero-order valence-corrected chi connectivity index (χ0v) is 17.0. The third-order valence-electron chi connectivity index (χ3n) is 5.04. The molecule has 0 fully saturated rings. The molecule has 1 aromatic carbocycles. The van der Waals surface area contributed by atoms with Gasteiger partial charge in [0, 0.05) is 23.0 Å². The maximum absolute atomic E-state index is 10.8. The van der Waals surface area contributed by atoms with E-state index < -0.39 is 10.5 Å². The minimum atomic E-state index is -0.643. The van der Waals surface area contributed by atoms with Gasteiger partial charge in [-0.05, 0) is 42.5 Å². The molecular formula is C21H24N4O5. The zero-order chi connectivity index (χ0) is 21.1. The molecule has 0 bridgehead atoms. The van der Waals surface area contributed by atoms with E-state index in [0.717, 1.165) is 29.9 Å². The van der Waals surface area contributed by atoms with Crippen molar-refractivity contribution in [1.82, 2.24) is 14.7 Å². The van der Waals surface area contributed by atoms with Crippen LogP contribution in [-0.4, -0.2) is 31.8 Å². The monoisotopic (exact) mass is 412 g/mol. The van der Waals surface area contributed by atoms with E-state index in [-0.39, 0.29) is 18.4 Å². The number of benzene rings is 1. The van der Waals surface area contributed by atoms with Gasteiger partial charge in [-0.2, -0.15) is 0 Å². The first-order valence-corrected chi connectivity index (χ1v) is 10.1. The van der Waals surface area contributed by atoms with Gasteiger partial charge in [0.15, 0.2) is 5.60 Å². The highest BCUT2D eigenvalue weighted by molar-refractivity contribution is 5.59. The number of aryl methyl sites for hydroxylation is 1. The summed E-state index contributed by atoms with van der Waals surface area (Å²) in [4.78, 5) is 14.2. The number of rotatable bonds is 9. The Bertz CT molecular complexity index is 1000. The number of aromatic nitrogens is 3. The van der Waals surface area contributed by atoms with Crippen LogP contribution in [0.1, 0.15) is 38.9 Å². The van der Waals surface area contributed by atoms with Gasteiger partial charge in [-0.25, -0.2) is 0 Å². The van der Waals surface area contributed by atoms with E-state index in [1.807, 2.05) is 37.3 Å². The second-order valence-corrected chi connectivity index (χ2v) is 7.77. The van der Waals surface area contributed by atoms with Crippen LogP contribution in [0.25, 0.3) is 11.3 Å². The van der Waals surface area contributed by atoms with Crippen molar-refractivity contribution in [2.24, 2.45) is 0 Å². The molecule has 9 nitrogen and oxygen atoms in total. The molecule has 0 unspecified atom stereocenters. The molecule has 4 rings (SSSR count). The fraction of sp³-hybridized carbons (Fsp3) is 0.429. The summed E-state index contributed by atoms with van der Waals surface area (Å²) in [6, 6.07) is 9.86.